The number of aromatic nitrogens is 2. The minimum atomic E-state index is -0.668. The summed E-state index contributed by atoms with van der Waals surface area (Å²) in [6, 6.07) is 9.07. The summed E-state index contributed by atoms with van der Waals surface area (Å²) in [5.41, 5.74) is 1.41. The number of hydrogen-bond acceptors (Lipinski definition) is 8. The first kappa shape index (κ1) is 26.2. The molecule has 0 aliphatic heterocycles. The number of nitrogens with zero attached hydrogens (tertiary/aromatic N) is 2. The van der Waals surface area contributed by atoms with Crippen LogP contribution in [0.2, 0.25) is 10.0 Å². The molecule has 4 rings (SSSR count). The summed E-state index contributed by atoms with van der Waals surface area (Å²) < 4.78 is 18.6. The van der Waals surface area contributed by atoms with Crippen molar-refractivity contribution in [3.63, 3.8) is 0 Å². The van der Waals surface area contributed by atoms with Gasteiger partial charge in [-0.2, -0.15) is 0 Å². The fourth-order valence-electron chi connectivity index (χ4n) is 3.57. The van der Waals surface area contributed by atoms with Gasteiger partial charge in [-0.1, -0.05) is 29.3 Å². The molecule has 3 aromatic heterocycles. The van der Waals surface area contributed by atoms with E-state index in [4.69, 9.17) is 37.4 Å². The Morgan fingerprint density at radius 1 is 1.11 bits per heavy atom. The van der Waals surface area contributed by atoms with E-state index in [1.807, 2.05) is 24.6 Å². The van der Waals surface area contributed by atoms with Gasteiger partial charge in [0.05, 0.1) is 20.8 Å². The number of carbonyl (C=O) groups excluding carboxylic acids is 1. The number of carbonyl (C=O) groups is 1. The molecule has 3 heterocycles. The molecular weight excluding hydrogens is 541 g/mol. The number of esters is 1. The highest BCUT2D eigenvalue weighted by atomic mass is 35.5. The van der Waals surface area contributed by atoms with Crippen molar-refractivity contribution < 1.29 is 23.6 Å². The molecule has 188 valence electrons. The predicted octanol–water partition coefficient (Wildman–Crippen LogP) is 6.11. The number of methoxy groups -OCH3 is 2. The summed E-state index contributed by atoms with van der Waals surface area (Å²) >= 11 is 15.9. The van der Waals surface area contributed by atoms with Crippen molar-refractivity contribution in [1.29, 1.82) is 0 Å². The van der Waals surface area contributed by atoms with E-state index in [9.17, 15) is 4.79 Å². The second kappa shape index (κ2) is 11.9. The Labute approximate surface area is 227 Å². The summed E-state index contributed by atoms with van der Waals surface area (Å²) in [4.78, 5) is 18.9. The molecule has 0 unspecified atom stereocenters. The molecule has 0 amide bonds. The molecule has 0 aliphatic rings. The molecule has 7 nitrogen and oxygen atoms in total. The molecule has 36 heavy (non-hydrogen) atoms. The van der Waals surface area contributed by atoms with E-state index >= 15 is 0 Å². The number of thiazole rings is 1. The van der Waals surface area contributed by atoms with Crippen LogP contribution in [0.4, 0.5) is 5.13 Å². The summed E-state index contributed by atoms with van der Waals surface area (Å²) in [6.45, 7) is 0.566. The zero-order valence-corrected chi connectivity index (χ0v) is 22.9. The van der Waals surface area contributed by atoms with Crippen molar-refractivity contribution in [2.75, 3.05) is 19.5 Å². The van der Waals surface area contributed by atoms with Gasteiger partial charge < -0.3 is 19.5 Å². The lowest BCUT2D eigenvalue weighted by Gasteiger charge is -2.20. The van der Waals surface area contributed by atoms with Gasteiger partial charge in [0.2, 0.25) is 0 Å². The number of nitrogens with one attached hydrogen (secondary N) is 1. The monoisotopic (exact) mass is 564 g/mol. The van der Waals surface area contributed by atoms with Gasteiger partial charge in [-0.15, -0.1) is 22.7 Å². The predicted molar refractivity (Wildman–Crippen MR) is 143 cm³/mol. The minimum absolute atomic E-state index is 0.281. The molecule has 0 bridgehead atoms. The maximum absolute atomic E-state index is 13.2. The molecule has 0 fully saturated rings. The summed E-state index contributed by atoms with van der Waals surface area (Å²) in [7, 11) is 4.96. The molecule has 1 N–H and O–H groups in total. The van der Waals surface area contributed by atoms with E-state index in [0.29, 0.717) is 38.5 Å². The summed E-state index contributed by atoms with van der Waals surface area (Å²) in [5.74, 6) is 0.665. The molecule has 0 radical (unpaired) electrons. The highest BCUT2D eigenvalue weighted by Crippen LogP contribution is 2.35. The number of pyridine rings is 1. The van der Waals surface area contributed by atoms with E-state index in [1.54, 1.807) is 55.6 Å². The highest BCUT2D eigenvalue weighted by Gasteiger charge is 2.25. The zero-order chi connectivity index (χ0) is 25.7. The number of rotatable bonds is 10. The van der Waals surface area contributed by atoms with E-state index in [1.165, 1.54) is 22.7 Å². The number of halogens is 2. The first-order valence-electron chi connectivity index (χ1n) is 10.9. The molecule has 0 saturated carbocycles. The van der Waals surface area contributed by atoms with Crippen molar-refractivity contribution >= 4 is 57.0 Å². The van der Waals surface area contributed by atoms with Crippen LogP contribution in [0.5, 0.6) is 11.5 Å². The Kier molecular flexibility index (Phi) is 8.68. The maximum atomic E-state index is 13.2. The molecule has 11 heteroatoms. The first-order valence-corrected chi connectivity index (χ1v) is 13.3. The Bertz CT molecular complexity index is 1320. The summed E-state index contributed by atoms with van der Waals surface area (Å²) in [6.07, 6.45) is 4.88. The quantitative estimate of drug-likeness (QED) is 0.185. The van der Waals surface area contributed by atoms with Crippen LogP contribution in [-0.4, -0.2) is 25.2 Å². The van der Waals surface area contributed by atoms with Gasteiger partial charge in [0, 0.05) is 28.4 Å². The van der Waals surface area contributed by atoms with Crippen molar-refractivity contribution in [2.45, 2.75) is 19.1 Å². The van der Waals surface area contributed by atoms with Crippen LogP contribution < -0.4 is 19.4 Å². The maximum Gasteiger partial charge on any atom is 0.348 e. The minimum Gasteiger partial charge on any atom is -0.493 e. The normalized spacial score (nSPS) is 11.7. The number of hydrogen-bond donors (Lipinski definition) is 1. The Morgan fingerprint density at radius 2 is 1.86 bits per heavy atom. The lowest BCUT2D eigenvalue weighted by Crippen LogP contribution is -2.27. The van der Waals surface area contributed by atoms with Crippen LogP contribution in [0.25, 0.3) is 0 Å². The number of aryl methyl sites for hydroxylation is 1. The average Bonchev–Trinajstić information content (AvgIpc) is 3.56. The molecule has 1 atom stereocenters. The Balaban J connectivity index is 1.58. The van der Waals surface area contributed by atoms with Crippen LogP contribution in [-0.2, 0) is 24.8 Å². The largest absolute Gasteiger partial charge is 0.493 e. The number of thiophene rings is 1. The van der Waals surface area contributed by atoms with Crippen molar-refractivity contribution in [2.24, 2.45) is 7.05 Å². The van der Waals surface area contributed by atoms with Gasteiger partial charge >= 0.3 is 5.97 Å². The third-order valence-electron chi connectivity index (χ3n) is 5.34. The number of ether oxygens (including phenoxy) is 3. The van der Waals surface area contributed by atoms with Gasteiger partial charge in [-0.25, -0.2) is 14.3 Å². The Hall–Kier alpha value is -2.85. The fraction of sp³-hybridized carbons (Fsp3) is 0.240. The zero-order valence-electron chi connectivity index (χ0n) is 19.8. The SMILES string of the molecule is COc1ccc([C@H](Cc2c(Cl)c[n+](C)cc2Cl)OC(=O)c2ccc(CNc3nccs3)s2)cc1OC. The van der Waals surface area contributed by atoms with Gasteiger partial charge in [0.1, 0.15) is 28.1 Å². The van der Waals surface area contributed by atoms with E-state index in [-0.39, 0.29) is 6.42 Å². The molecule has 1 aromatic carbocycles. The van der Waals surface area contributed by atoms with E-state index in [2.05, 4.69) is 10.3 Å². The lowest BCUT2D eigenvalue weighted by molar-refractivity contribution is -0.671. The molecule has 0 aliphatic carbocycles. The van der Waals surface area contributed by atoms with E-state index in [0.717, 1.165) is 15.6 Å². The molecule has 0 saturated heterocycles. The number of anilines is 1. The van der Waals surface area contributed by atoms with Crippen LogP contribution in [0.15, 0.2) is 54.3 Å². The summed E-state index contributed by atoms with van der Waals surface area (Å²) in [5, 5.41) is 6.94. The standard InChI is InChI=1S/C25H24Cl2N3O4S2/c1-30-13-18(26)17(19(27)14-30)11-21(15-4-6-20(32-2)22(10-15)33-3)34-24(31)23-7-5-16(36-23)12-29-25-28-8-9-35-25/h4-10,13-14,21H,11-12H2,1-3H3,(H,28,29)/q+1/t21-/m0/s1. The second-order valence-corrected chi connectivity index (χ2v) is 10.6. The lowest BCUT2D eigenvalue weighted by atomic mass is 10.0. The first-order chi connectivity index (χ1) is 17.4. The fourth-order valence-corrected chi connectivity index (χ4v) is 5.64. The van der Waals surface area contributed by atoms with Crippen molar-refractivity contribution in [3.05, 3.63) is 85.2 Å². The topological polar surface area (TPSA) is 73.6 Å². The third-order valence-corrected chi connectivity index (χ3v) is 7.79. The van der Waals surface area contributed by atoms with Crippen LogP contribution in [0.1, 0.15) is 31.8 Å². The van der Waals surface area contributed by atoms with Gasteiger partial charge in [0.15, 0.2) is 29.0 Å². The van der Waals surface area contributed by atoms with E-state index < -0.39 is 12.1 Å². The highest BCUT2D eigenvalue weighted by molar-refractivity contribution is 7.14. The molecule has 4 aromatic rings. The second-order valence-electron chi connectivity index (χ2n) is 7.77. The number of benzene rings is 1. The van der Waals surface area contributed by atoms with Gasteiger partial charge in [0.25, 0.3) is 0 Å². The van der Waals surface area contributed by atoms with Gasteiger partial charge in [-0.05, 0) is 29.8 Å². The van der Waals surface area contributed by atoms with Crippen molar-refractivity contribution in [1.82, 2.24) is 4.98 Å². The Morgan fingerprint density at radius 3 is 2.53 bits per heavy atom. The van der Waals surface area contributed by atoms with Gasteiger partial charge in [-0.3, -0.25) is 0 Å². The molecule has 0 spiro atoms. The smallest absolute Gasteiger partial charge is 0.348 e. The van der Waals surface area contributed by atoms with Crippen LogP contribution in [0, 0.1) is 0 Å². The third kappa shape index (κ3) is 6.28. The van der Waals surface area contributed by atoms with Crippen LogP contribution >= 0.6 is 45.9 Å². The average molecular weight is 566 g/mol. The molecular formula is C25H24Cl2N3O4S2+. The van der Waals surface area contributed by atoms with Crippen molar-refractivity contribution in [3.8, 4) is 11.5 Å². The van der Waals surface area contributed by atoms with Crippen LogP contribution in [0.3, 0.4) is 0 Å².